The Balaban J connectivity index is 2.32. The van der Waals surface area contributed by atoms with Crippen LogP contribution in [0.5, 0.6) is 0 Å². The second-order valence-electron chi connectivity index (χ2n) is 4.87. The highest BCUT2D eigenvalue weighted by molar-refractivity contribution is 5.77. The van der Waals surface area contributed by atoms with Crippen LogP contribution in [-0.2, 0) is 9.47 Å². The minimum absolute atomic E-state index is 0.173. The molecule has 0 aromatic rings. The molecular weight excluding hydrogens is 212 g/mol. The smallest absolute Gasteiger partial charge is 0.429 e. The first-order valence-electron chi connectivity index (χ1n) is 5.08. The summed E-state index contributed by atoms with van der Waals surface area (Å²) < 4.78 is 9.90. The highest BCUT2D eigenvalue weighted by Crippen LogP contribution is 2.21. The van der Waals surface area contributed by atoms with E-state index in [1.807, 2.05) is 0 Å². The molecule has 0 bridgehead atoms. The fourth-order valence-corrected chi connectivity index (χ4v) is 1.07. The zero-order valence-electron chi connectivity index (χ0n) is 10.3. The van der Waals surface area contributed by atoms with E-state index in [1.54, 1.807) is 34.9 Å². The molecule has 1 aliphatic heterocycles. The number of hydrogen-bond donors (Lipinski definition) is 0. The Hall–Kier alpha value is -1.46. The van der Waals surface area contributed by atoms with E-state index in [0.717, 1.165) is 0 Å². The van der Waals surface area contributed by atoms with Gasteiger partial charge in [0.05, 0.1) is 6.54 Å². The number of hydrogen-bond acceptors (Lipinski definition) is 4. The van der Waals surface area contributed by atoms with Gasteiger partial charge in [0.1, 0.15) is 5.60 Å². The molecule has 1 saturated heterocycles. The van der Waals surface area contributed by atoms with E-state index < -0.39 is 18.0 Å². The summed E-state index contributed by atoms with van der Waals surface area (Å²) in [5.41, 5.74) is -0.581. The van der Waals surface area contributed by atoms with E-state index in [4.69, 9.17) is 9.47 Å². The summed E-state index contributed by atoms with van der Waals surface area (Å²) in [6, 6.07) is -0.173. The van der Waals surface area contributed by atoms with Gasteiger partial charge in [0, 0.05) is 14.1 Å². The molecule has 1 heterocycles. The van der Waals surface area contributed by atoms with Crippen LogP contribution in [0.1, 0.15) is 20.8 Å². The molecule has 0 saturated carbocycles. The fourth-order valence-electron chi connectivity index (χ4n) is 1.07. The number of carbonyl (C=O) groups excluding carboxylic acids is 2. The van der Waals surface area contributed by atoms with Crippen LogP contribution >= 0.6 is 0 Å². The SMILES string of the molecule is CN(C)C(=O)N1CC1OC(=O)OC(C)(C)C. The van der Waals surface area contributed by atoms with Crippen LogP contribution in [0, 0.1) is 0 Å². The van der Waals surface area contributed by atoms with Crippen molar-refractivity contribution in [1.29, 1.82) is 0 Å². The predicted octanol–water partition coefficient (Wildman–Crippen LogP) is 1.26. The van der Waals surface area contributed by atoms with Crippen LogP contribution in [0.4, 0.5) is 9.59 Å². The maximum atomic E-state index is 11.4. The summed E-state index contributed by atoms with van der Waals surface area (Å²) in [5.74, 6) is 0. The molecule has 2 amide bonds. The molecule has 0 aliphatic carbocycles. The van der Waals surface area contributed by atoms with Gasteiger partial charge in [-0.25, -0.2) is 9.59 Å². The zero-order chi connectivity index (χ0) is 12.5. The minimum Gasteiger partial charge on any atom is -0.429 e. The van der Waals surface area contributed by atoms with Crippen LogP contribution in [0.15, 0.2) is 0 Å². The highest BCUT2D eigenvalue weighted by atomic mass is 16.7. The van der Waals surface area contributed by atoms with Crippen molar-refractivity contribution in [3.8, 4) is 0 Å². The number of amides is 2. The van der Waals surface area contributed by atoms with E-state index in [9.17, 15) is 9.59 Å². The van der Waals surface area contributed by atoms with E-state index in [2.05, 4.69) is 0 Å². The molecule has 6 nitrogen and oxygen atoms in total. The lowest BCUT2D eigenvalue weighted by Gasteiger charge is -2.19. The first-order chi connectivity index (χ1) is 7.20. The number of carbonyl (C=O) groups is 2. The lowest BCUT2D eigenvalue weighted by atomic mass is 10.2. The van der Waals surface area contributed by atoms with Gasteiger partial charge in [-0.1, -0.05) is 0 Å². The van der Waals surface area contributed by atoms with E-state index >= 15 is 0 Å². The van der Waals surface area contributed by atoms with Crippen molar-refractivity contribution in [3.63, 3.8) is 0 Å². The molecule has 1 atom stereocenters. The molecule has 16 heavy (non-hydrogen) atoms. The Bertz CT molecular complexity index is 296. The van der Waals surface area contributed by atoms with Crippen LogP contribution in [0.25, 0.3) is 0 Å². The second kappa shape index (κ2) is 4.19. The maximum absolute atomic E-state index is 11.4. The van der Waals surface area contributed by atoms with E-state index in [1.165, 1.54) is 9.80 Å². The average Bonchev–Trinajstić information content (AvgIpc) is 2.78. The van der Waals surface area contributed by atoms with Gasteiger partial charge in [-0.2, -0.15) is 0 Å². The zero-order valence-corrected chi connectivity index (χ0v) is 10.3. The fraction of sp³-hybridized carbons (Fsp3) is 0.800. The summed E-state index contributed by atoms with van der Waals surface area (Å²) in [4.78, 5) is 25.5. The van der Waals surface area contributed by atoms with Crippen LogP contribution < -0.4 is 0 Å². The van der Waals surface area contributed by atoms with Crippen LogP contribution in [0.2, 0.25) is 0 Å². The Labute approximate surface area is 95.1 Å². The third-order valence-corrected chi connectivity index (χ3v) is 1.82. The number of urea groups is 1. The van der Waals surface area contributed by atoms with Crippen molar-refractivity contribution < 1.29 is 19.1 Å². The molecule has 1 unspecified atom stereocenters. The van der Waals surface area contributed by atoms with Crippen molar-refractivity contribution in [3.05, 3.63) is 0 Å². The average molecular weight is 230 g/mol. The first-order valence-corrected chi connectivity index (χ1v) is 5.08. The normalized spacial score (nSPS) is 19.1. The molecule has 1 fully saturated rings. The Morgan fingerprint density at radius 1 is 1.31 bits per heavy atom. The van der Waals surface area contributed by atoms with Crippen molar-refractivity contribution in [2.24, 2.45) is 0 Å². The highest BCUT2D eigenvalue weighted by Gasteiger charge is 2.43. The third kappa shape index (κ3) is 3.60. The standard InChI is InChI=1S/C10H18N2O4/c1-10(2,3)16-9(14)15-7-6-12(7)8(13)11(4)5/h7H,6H2,1-5H3. The summed E-state index contributed by atoms with van der Waals surface area (Å²) in [6.45, 7) is 5.69. The van der Waals surface area contributed by atoms with Gasteiger partial charge in [-0.05, 0) is 20.8 Å². The Kier molecular flexibility index (Phi) is 3.30. The van der Waals surface area contributed by atoms with Crippen molar-refractivity contribution >= 4 is 12.2 Å². The van der Waals surface area contributed by atoms with Gasteiger partial charge >= 0.3 is 12.2 Å². The summed E-state index contributed by atoms with van der Waals surface area (Å²) in [7, 11) is 3.29. The monoisotopic (exact) mass is 230 g/mol. The van der Waals surface area contributed by atoms with Gasteiger partial charge in [0.2, 0.25) is 6.23 Å². The summed E-state index contributed by atoms with van der Waals surface area (Å²) >= 11 is 0. The second-order valence-corrected chi connectivity index (χ2v) is 4.87. The van der Waals surface area contributed by atoms with Crippen molar-refractivity contribution in [2.75, 3.05) is 20.6 Å². The molecule has 0 N–H and O–H groups in total. The van der Waals surface area contributed by atoms with Crippen molar-refractivity contribution in [2.45, 2.75) is 32.6 Å². The third-order valence-electron chi connectivity index (χ3n) is 1.82. The maximum Gasteiger partial charge on any atom is 0.510 e. The topological polar surface area (TPSA) is 58.8 Å². The first kappa shape index (κ1) is 12.6. The lowest BCUT2D eigenvalue weighted by Crippen LogP contribution is -2.30. The van der Waals surface area contributed by atoms with Gasteiger partial charge in [0.15, 0.2) is 0 Å². The largest absolute Gasteiger partial charge is 0.510 e. The molecule has 6 heteroatoms. The van der Waals surface area contributed by atoms with Crippen LogP contribution in [0.3, 0.4) is 0 Å². The Morgan fingerprint density at radius 2 is 1.88 bits per heavy atom. The van der Waals surface area contributed by atoms with Gasteiger partial charge in [-0.15, -0.1) is 0 Å². The quantitative estimate of drug-likeness (QED) is 0.502. The predicted molar refractivity (Wildman–Crippen MR) is 56.9 cm³/mol. The molecule has 0 radical (unpaired) electrons. The molecule has 1 aliphatic rings. The van der Waals surface area contributed by atoms with Gasteiger partial charge in [0.25, 0.3) is 0 Å². The van der Waals surface area contributed by atoms with E-state index in [0.29, 0.717) is 6.54 Å². The lowest BCUT2D eigenvalue weighted by molar-refractivity contribution is -0.0163. The molecule has 0 aromatic carbocycles. The number of ether oxygens (including phenoxy) is 2. The van der Waals surface area contributed by atoms with Gasteiger partial charge in [-0.3, -0.25) is 4.90 Å². The Morgan fingerprint density at radius 3 is 2.31 bits per heavy atom. The number of rotatable bonds is 1. The van der Waals surface area contributed by atoms with Crippen LogP contribution in [-0.4, -0.2) is 54.5 Å². The molecule has 0 aromatic heterocycles. The van der Waals surface area contributed by atoms with Crippen molar-refractivity contribution in [1.82, 2.24) is 9.80 Å². The van der Waals surface area contributed by atoms with Gasteiger partial charge < -0.3 is 14.4 Å². The summed E-state index contributed by atoms with van der Waals surface area (Å²) in [6.07, 6.45) is -1.23. The molecular formula is C10H18N2O4. The number of nitrogens with zero attached hydrogens (tertiary/aromatic N) is 2. The minimum atomic E-state index is -0.744. The molecule has 0 spiro atoms. The molecule has 92 valence electrons. The summed E-state index contributed by atoms with van der Waals surface area (Å²) in [5, 5.41) is 0. The molecule has 1 rings (SSSR count). The van der Waals surface area contributed by atoms with E-state index in [-0.39, 0.29) is 6.03 Å².